The number of rotatable bonds is 3. The van der Waals surface area contributed by atoms with Crippen molar-refractivity contribution in [3.05, 3.63) is 65.2 Å². The molecule has 1 heterocycles. The predicted molar refractivity (Wildman–Crippen MR) is 108 cm³/mol. The van der Waals surface area contributed by atoms with Crippen LogP contribution in [-0.2, 0) is 16.6 Å². The summed E-state index contributed by atoms with van der Waals surface area (Å²) in [5.74, 6) is -0.00400. The molecule has 0 aromatic heterocycles. The third-order valence-corrected chi connectivity index (χ3v) is 5.05. The van der Waals surface area contributed by atoms with Gasteiger partial charge in [0, 0.05) is 11.7 Å². The van der Waals surface area contributed by atoms with E-state index in [1.807, 2.05) is 32.0 Å². The van der Waals surface area contributed by atoms with E-state index < -0.39 is 0 Å². The molecule has 2 aromatic carbocycles. The quantitative estimate of drug-likeness (QED) is 0.832. The zero-order valence-corrected chi connectivity index (χ0v) is 16.5. The topological polar surface area (TPSA) is 41.1 Å². The van der Waals surface area contributed by atoms with Gasteiger partial charge in [0.2, 0.25) is 5.91 Å². The Morgan fingerprint density at radius 1 is 1.12 bits per heavy atom. The van der Waals surface area contributed by atoms with Crippen LogP contribution in [0, 0.1) is 5.92 Å². The monoisotopic (exact) mass is 350 g/mol. The molecule has 0 bridgehead atoms. The second kappa shape index (κ2) is 7.14. The van der Waals surface area contributed by atoms with Crippen LogP contribution in [0.1, 0.15) is 57.4 Å². The Bertz CT molecular complexity index is 775. The van der Waals surface area contributed by atoms with Gasteiger partial charge in [-0.05, 0) is 48.4 Å². The summed E-state index contributed by atoms with van der Waals surface area (Å²) in [6, 6.07) is 17.0. The summed E-state index contributed by atoms with van der Waals surface area (Å²) in [6.07, 6.45) is 0.754. The van der Waals surface area contributed by atoms with Crippen molar-refractivity contribution in [3.63, 3.8) is 0 Å². The molecule has 3 rings (SSSR count). The van der Waals surface area contributed by atoms with Crippen LogP contribution in [0.3, 0.4) is 0 Å². The lowest BCUT2D eigenvalue weighted by atomic mass is 9.79. The van der Waals surface area contributed by atoms with E-state index in [4.69, 9.17) is 0 Å². The molecule has 1 amide bonds. The summed E-state index contributed by atoms with van der Waals surface area (Å²) in [4.78, 5) is 12.9. The van der Waals surface area contributed by atoms with E-state index in [0.29, 0.717) is 0 Å². The van der Waals surface area contributed by atoms with Crippen molar-refractivity contribution >= 4 is 11.6 Å². The van der Waals surface area contributed by atoms with E-state index in [2.05, 4.69) is 61.7 Å². The summed E-state index contributed by atoms with van der Waals surface area (Å²) in [7, 11) is 0. The van der Waals surface area contributed by atoms with Crippen molar-refractivity contribution in [2.45, 2.75) is 58.5 Å². The van der Waals surface area contributed by atoms with Gasteiger partial charge in [-0.2, -0.15) is 0 Å². The van der Waals surface area contributed by atoms with Crippen molar-refractivity contribution in [3.8, 4) is 0 Å². The maximum Gasteiger partial charge on any atom is 0.226 e. The van der Waals surface area contributed by atoms with Gasteiger partial charge in [-0.1, -0.05) is 63.2 Å². The average molecular weight is 351 g/mol. The van der Waals surface area contributed by atoms with Crippen LogP contribution in [0.2, 0.25) is 0 Å². The van der Waals surface area contributed by atoms with E-state index in [9.17, 15) is 4.79 Å². The first-order chi connectivity index (χ1) is 12.3. The highest BCUT2D eigenvalue weighted by molar-refractivity contribution is 5.82. The number of fused-ring (bicyclic) bond motifs is 1. The second-order valence-electron chi connectivity index (χ2n) is 8.63. The van der Waals surface area contributed by atoms with Crippen molar-refractivity contribution in [1.29, 1.82) is 0 Å². The Labute approximate surface area is 157 Å². The van der Waals surface area contributed by atoms with Crippen molar-refractivity contribution in [2.75, 3.05) is 5.32 Å². The first-order valence-corrected chi connectivity index (χ1v) is 9.51. The molecule has 0 aliphatic carbocycles. The van der Waals surface area contributed by atoms with Gasteiger partial charge in [0.25, 0.3) is 0 Å². The van der Waals surface area contributed by atoms with E-state index in [1.54, 1.807) is 0 Å². The van der Waals surface area contributed by atoms with Gasteiger partial charge in [-0.3, -0.25) is 4.79 Å². The Kier molecular flexibility index (Phi) is 5.08. The molecule has 0 fully saturated rings. The molecule has 2 aromatic rings. The first-order valence-electron chi connectivity index (χ1n) is 9.51. The minimum absolute atomic E-state index is 0.0112. The number of nitrogens with one attached hydrogen (secondary N) is 2. The number of benzene rings is 2. The molecule has 0 radical (unpaired) electrons. The number of hydrogen-bond acceptors (Lipinski definition) is 2. The molecule has 138 valence electrons. The van der Waals surface area contributed by atoms with Crippen molar-refractivity contribution in [2.24, 2.45) is 5.92 Å². The smallest absolute Gasteiger partial charge is 0.226 e. The summed E-state index contributed by atoms with van der Waals surface area (Å²) in [6.45, 7) is 10.7. The second-order valence-corrected chi connectivity index (χ2v) is 8.63. The highest BCUT2D eigenvalue weighted by atomic mass is 16.2. The molecule has 0 saturated heterocycles. The summed E-state index contributed by atoms with van der Waals surface area (Å²) >= 11 is 0. The molecule has 0 saturated carbocycles. The van der Waals surface area contributed by atoms with Gasteiger partial charge in [0.05, 0.1) is 12.0 Å². The molecule has 2 atom stereocenters. The molecule has 3 heteroatoms. The highest BCUT2D eigenvalue weighted by Gasteiger charge is 2.35. The fourth-order valence-corrected chi connectivity index (χ4v) is 3.60. The standard InChI is InChI=1S/C23H30N2O/c1-15(2)24-22(26)19-14-17-13-18(23(3,4)5)11-12-20(17)25-21(19)16-9-7-6-8-10-16/h6-13,15,19,21,25H,14H2,1-5H3,(H,24,26)/t19-,21-/m1/s1. The lowest BCUT2D eigenvalue weighted by Crippen LogP contribution is -2.42. The van der Waals surface area contributed by atoms with Gasteiger partial charge in [0.1, 0.15) is 0 Å². The lowest BCUT2D eigenvalue weighted by molar-refractivity contribution is -0.126. The van der Waals surface area contributed by atoms with Crippen LogP contribution in [0.5, 0.6) is 0 Å². The van der Waals surface area contributed by atoms with Crippen LogP contribution >= 0.6 is 0 Å². The molecular formula is C23H30N2O. The molecule has 2 N–H and O–H groups in total. The zero-order chi connectivity index (χ0) is 18.9. The number of hydrogen-bond donors (Lipinski definition) is 2. The maximum absolute atomic E-state index is 12.9. The highest BCUT2D eigenvalue weighted by Crippen LogP contribution is 2.38. The molecular weight excluding hydrogens is 320 g/mol. The normalized spacial score (nSPS) is 19.6. The molecule has 1 aliphatic heterocycles. The predicted octanol–water partition coefficient (Wildman–Crippen LogP) is 4.83. The van der Waals surface area contributed by atoms with Crippen LogP contribution in [0.4, 0.5) is 5.69 Å². The van der Waals surface area contributed by atoms with Crippen LogP contribution in [0.25, 0.3) is 0 Å². The number of carbonyl (C=O) groups is 1. The molecule has 1 aliphatic rings. The molecule has 0 spiro atoms. The minimum Gasteiger partial charge on any atom is -0.377 e. The summed E-state index contributed by atoms with van der Waals surface area (Å²) in [5.41, 5.74) is 4.93. The Hall–Kier alpha value is -2.29. The van der Waals surface area contributed by atoms with Gasteiger partial charge in [-0.15, -0.1) is 0 Å². The van der Waals surface area contributed by atoms with E-state index in [-0.39, 0.29) is 29.3 Å². The van der Waals surface area contributed by atoms with Gasteiger partial charge < -0.3 is 10.6 Å². The number of amides is 1. The maximum atomic E-state index is 12.9. The van der Waals surface area contributed by atoms with Gasteiger partial charge in [0.15, 0.2) is 0 Å². The number of anilines is 1. The van der Waals surface area contributed by atoms with Crippen LogP contribution in [0.15, 0.2) is 48.5 Å². The Balaban J connectivity index is 1.99. The van der Waals surface area contributed by atoms with Crippen LogP contribution < -0.4 is 10.6 Å². The average Bonchev–Trinajstić information content (AvgIpc) is 2.59. The van der Waals surface area contributed by atoms with Gasteiger partial charge >= 0.3 is 0 Å². The van der Waals surface area contributed by atoms with Crippen molar-refractivity contribution in [1.82, 2.24) is 5.32 Å². The Morgan fingerprint density at radius 2 is 1.81 bits per heavy atom. The third-order valence-electron chi connectivity index (χ3n) is 5.05. The Morgan fingerprint density at radius 3 is 2.42 bits per heavy atom. The van der Waals surface area contributed by atoms with Crippen LogP contribution in [-0.4, -0.2) is 11.9 Å². The largest absolute Gasteiger partial charge is 0.377 e. The molecule has 3 nitrogen and oxygen atoms in total. The molecule has 0 unspecified atom stereocenters. The molecule has 26 heavy (non-hydrogen) atoms. The van der Waals surface area contributed by atoms with Crippen molar-refractivity contribution < 1.29 is 4.79 Å². The third kappa shape index (κ3) is 3.92. The first kappa shape index (κ1) is 18.5. The minimum atomic E-state index is -0.123. The van der Waals surface area contributed by atoms with E-state index in [0.717, 1.165) is 17.7 Å². The fourth-order valence-electron chi connectivity index (χ4n) is 3.60. The van der Waals surface area contributed by atoms with E-state index >= 15 is 0 Å². The fraction of sp³-hybridized carbons (Fsp3) is 0.435. The summed E-state index contributed by atoms with van der Waals surface area (Å²) in [5, 5.41) is 6.74. The SMILES string of the molecule is CC(C)NC(=O)[C@@H]1Cc2cc(C(C)(C)C)ccc2N[C@@H]1c1ccccc1. The summed E-state index contributed by atoms with van der Waals surface area (Å²) < 4.78 is 0. The van der Waals surface area contributed by atoms with Gasteiger partial charge in [-0.25, -0.2) is 0 Å². The van der Waals surface area contributed by atoms with E-state index in [1.165, 1.54) is 11.1 Å². The lowest BCUT2D eigenvalue weighted by Gasteiger charge is -2.35. The number of carbonyl (C=O) groups excluding carboxylic acids is 1. The zero-order valence-electron chi connectivity index (χ0n) is 16.5.